The Bertz CT molecular complexity index is 650. The lowest BCUT2D eigenvalue weighted by Crippen LogP contribution is -2.51. The number of halogens is 7. The first-order chi connectivity index (χ1) is 15.8. The first kappa shape index (κ1) is 33.4. The van der Waals surface area contributed by atoms with E-state index in [0.717, 1.165) is 0 Å². The van der Waals surface area contributed by atoms with Crippen LogP contribution in [-0.4, -0.2) is 54.4 Å². The summed E-state index contributed by atoms with van der Waals surface area (Å²) >= 11 is 0. The molecule has 1 N–H and O–H groups in total. The highest BCUT2D eigenvalue weighted by atomic mass is 19.4. The number of hydrogen-bond donors (Lipinski definition) is 1. The summed E-state index contributed by atoms with van der Waals surface area (Å²) in [5.41, 5.74) is -3.07. The summed E-state index contributed by atoms with van der Waals surface area (Å²) in [5, 5.41) is 8.81. The summed E-state index contributed by atoms with van der Waals surface area (Å²) in [5.74, 6) is -5.36. The van der Waals surface area contributed by atoms with Crippen molar-refractivity contribution in [1.29, 1.82) is 0 Å². The molecule has 0 saturated carbocycles. The smallest absolute Gasteiger partial charge is 0.434 e. The third kappa shape index (κ3) is 10.9. The minimum absolute atomic E-state index is 0.0430. The van der Waals surface area contributed by atoms with Crippen LogP contribution in [0.2, 0.25) is 0 Å². The maximum atomic E-state index is 15.8. The first-order valence-electron chi connectivity index (χ1n) is 11.6. The fraction of sp³-hybridized carbons (Fsp3) is 0.913. The molecule has 0 aromatic carbocycles. The largest absolute Gasteiger partial charge is 0.463 e. The molecular weight excluding hydrogens is 489 g/mol. The van der Waals surface area contributed by atoms with Crippen molar-refractivity contribution in [2.45, 2.75) is 91.4 Å². The molecule has 0 radical (unpaired) electrons. The van der Waals surface area contributed by atoms with E-state index in [2.05, 4.69) is 4.74 Å². The molecular formula is C23H37F7O5. The minimum Gasteiger partial charge on any atom is -0.463 e. The number of hydrogen-bond acceptors (Lipinski definition) is 5. The Hall–Kier alpha value is -1.59. The van der Waals surface area contributed by atoms with Gasteiger partial charge in [-0.25, -0.2) is 9.18 Å². The number of aliphatic hydroxyl groups excluding tert-OH is 1. The predicted octanol–water partition coefficient (Wildman–Crippen LogP) is 6.03. The van der Waals surface area contributed by atoms with Crippen LogP contribution in [0.1, 0.15) is 67.2 Å². The molecule has 4 atom stereocenters. The standard InChI is InChI=1S/C23H37F7O5/c1-13(2)12-21(24,20(33)35-19(22(25,26)27)23(28,29)30)16(6)8-7-15(5)11-17(14(3)4)18(32)34-10-9-31/h13-17,19,31H,7-12H2,1-6H3. The fourth-order valence-corrected chi connectivity index (χ4v) is 3.81. The van der Waals surface area contributed by atoms with Crippen molar-refractivity contribution in [3.8, 4) is 0 Å². The molecule has 0 bridgehead atoms. The normalized spacial score (nSPS) is 17.3. The zero-order chi connectivity index (χ0) is 27.8. The Labute approximate surface area is 201 Å². The molecule has 0 saturated heterocycles. The van der Waals surface area contributed by atoms with Crippen LogP contribution in [0.5, 0.6) is 0 Å². The zero-order valence-electron chi connectivity index (χ0n) is 20.9. The quantitative estimate of drug-likeness (QED) is 0.221. The van der Waals surface area contributed by atoms with E-state index >= 15 is 4.39 Å². The van der Waals surface area contributed by atoms with Gasteiger partial charge in [0.25, 0.3) is 6.10 Å². The molecule has 12 heteroatoms. The number of aliphatic hydroxyl groups is 1. The van der Waals surface area contributed by atoms with Gasteiger partial charge in [0, 0.05) is 5.92 Å². The van der Waals surface area contributed by atoms with Crippen LogP contribution in [0.3, 0.4) is 0 Å². The van der Waals surface area contributed by atoms with Crippen LogP contribution in [0.25, 0.3) is 0 Å². The predicted molar refractivity (Wildman–Crippen MR) is 114 cm³/mol. The van der Waals surface area contributed by atoms with Crippen molar-refractivity contribution >= 4 is 11.9 Å². The zero-order valence-corrected chi connectivity index (χ0v) is 20.9. The van der Waals surface area contributed by atoms with E-state index in [1.165, 1.54) is 20.8 Å². The number of alkyl halides is 7. The van der Waals surface area contributed by atoms with Crippen LogP contribution in [0.15, 0.2) is 0 Å². The van der Waals surface area contributed by atoms with Gasteiger partial charge in [0.05, 0.1) is 12.5 Å². The van der Waals surface area contributed by atoms with Crippen LogP contribution in [0.4, 0.5) is 30.7 Å². The molecule has 35 heavy (non-hydrogen) atoms. The van der Waals surface area contributed by atoms with E-state index in [-0.39, 0.29) is 37.9 Å². The minimum atomic E-state index is -5.94. The van der Waals surface area contributed by atoms with Gasteiger partial charge in [0.1, 0.15) is 6.61 Å². The third-order valence-electron chi connectivity index (χ3n) is 5.84. The van der Waals surface area contributed by atoms with E-state index in [1.807, 2.05) is 0 Å². The summed E-state index contributed by atoms with van der Waals surface area (Å²) < 4.78 is 101. The van der Waals surface area contributed by atoms with Gasteiger partial charge in [-0.05, 0) is 37.0 Å². The van der Waals surface area contributed by atoms with Gasteiger partial charge < -0.3 is 14.6 Å². The van der Waals surface area contributed by atoms with Crippen LogP contribution in [0, 0.1) is 29.6 Å². The lowest BCUT2D eigenvalue weighted by molar-refractivity contribution is -0.316. The summed E-state index contributed by atoms with van der Waals surface area (Å²) in [4.78, 5) is 24.6. The summed E-state index contributed by atoms with van der Waals surface area (Å²) in [6.07, 6.45) is -16.4. The second kappa shape index (κ2) is 13.6. The van der Waals surface area contributed by atoms with Gasteiger partial charge in [-0.1, -0.05) is 48.0 Å². The Kier molecular flexibility index (Phi) is 13.0. The molecule has 0 aromatic rings. The molecule has 0 amide bonds. The van der Waals surface area contributed by atoms with Gasteiger partial charge in [-0.15, -0.1) is 0 Å². The SMILES string of the molecule is CC(C)CC(F)(C(=O)OC(C(F)(F)F)C(F)(F)F)C(C)CCC(C)CC(C(=O)OCCO)C(C)C. The molecule has 0 heterocycles. The monoisotopic (exact) mass is 526 g/mol. The Balaban J connectivity index is 5.50. The Morgan fingerprint density at radius 2 is 1.37 bits per heavy atom. The van der Waals surface area contributed by atoms with Gasteiger partial charge in [-0.2, -0.15) is 26.3 Å². The van der Waals surface area contributed by atoms with Crippen LogP contribution in [-0.2, 0) is 19.1 Å². The second-order valence-electron chi connectivity index (χ2n) is 9.89. The lowest BCUT2D eigenvalue weighted by Gasteiger charge is -2.34. The average molecular weight is 527 g/mol. The van der Waals surface area contributed by atoms with E-state index in [0.29, 0.717) is 6.42 Å². The number of rotatable bonds is 14. The molecule has 0 rings (SSSR count). The Morgan fingerprint density at radius 1 is 0.857 bits per heavy atom. The summed E-state index contributed by atoms with van der Waals surface area (Å²) in [7, 11) is 0. The highest BCUT2D eigenvalue weighted by molar-refractivity contribution is 5.80. The van der Waals surface area contributed by atoms with Gasteiger partial charge in [0.2, 0.25) is 5.67 Å². The average Bonchev–Trinajstić information content (AvgIpc) is 2.69. The van der Waals surface area contributed by atoms with Crippen molar-refractivity contribution in [2.75, 3.05) is 13.2 Å². The molecule has 0 fully saturated rings. The summed E-state index contributed by atoms with van der Waals surface area (Å²) in [6, 6.07) is 0. The molecule has 0 aliphatic heterocycles. The van der Waals surface area contributed by atoms with Crippen molar-refractivity contribution in [2.24, 2.45) is 29.6 Å². The number of carbonyl (C=O) groups is 2. The van der Waals surface area contributed by atoms with E-state index < -0.39 is 60.2 Å². The Morgan fingerprint density at radius 3 is 1.77 bits per heavy atom. The molecule has 0 aromatic heterocycles. The van der Waals surface area contributed by atoms with E-state index in [1.54, 1.807) is 20.8 Å². The van der Waals surface area contributed by atoms with Crippen molar-refractivity contribution < 1.29 is 54.9 Å². The maximum Gasteiger partial charge on any atom is 0.434 e. The number of ether oxygens (including phenoxy) is 2. The highest BCUT2D eigenvalue weighted by Gasteiger charge is 2.61. The maximum absolute atomic E-state index is 15.8. The topological polar surface area (TPSA) is 72.8 Å². The molecule has 0 aliphatic carbocycles. The first-order valence-corrected chi connectivity index (χ1v) is 11.6. The summed E-state index contributed by atoms with van der Waals surface area (Å²) in [6.45, 7) is 9.05. The number of carbonyl (C=O) groups excluding carboxylic acids is 2. The van der Waals surface area contributed by atoms with Gasteiger partial charge in [-0.3, -0.25) is 4.79 Å². The van der Waals surface area contributed by atoms with Gasteiger partial charge >= 0.3 is 24.3 Å². The van der Waals surface area contributed by atoms with Crippen molar-refractivity contribution in [1.82, 2.24) is 0 Å². The van der Waals surface area contributed by atoms with Crippen LogP contribution < -0.4 is 0 Å². The van der Waals surface area contributed by atoms with Crippen LogP contribution >= 0.6 is 0 Å². The van der Waals surface area contributed by atoms with E-state index in [4.69, 9.17) is 9.84 Å². The highest BCUT2D eigenvalue weighted by Crippen LogP contribution is 2.40. The third-order valence-corrected chi connectivity index (χ3v) is 5.84. The molecule has 0 aliphatic rings. The number of esters is 2. The van der Waals surface area contributed by atoms with Gasteiger partial charge in [0.15, 0.2) is 0 Å². The lowest BCUT2D eigenvalue weighted by atomic mass is 9.78. The van der Waals surface area contributed by atoms with Crippen molar-refractivity contribution in [3.63, 3.8) is 0 Å². The fourth-order valence-electron chi connectivity index (χ4n) is 3.81. The molecule has 208 valence electrons. The molecule has 4 unspecified atom stereocenters. The second-order valence-corrected chi connectivity index (χ2v) is 9.89. The van der Waals surface area contributed by atoms with E-state index in [9.17, 15) is 35.9 Å². The van der Waals surface area contributed by atoms with Crippen molar-refractivity contribution in [3.05, 3.63) is 0 Å². The molecule has 5 nitrogen and oxygen atoms in total. The molecule has 0 spiro atoms.